The van der Waals surface area contributed by atoms with Gasteiger partial charge in [0.05, 0.1) is 55.5 Å². The first-order valence-corrected chi connectivity index (χ1v) is 23.1. The van der Waals surface area contributed by atoms with Crippen LogP contribution < -0.4 is 5.46 Å². The number of nitrogens with zero attached hydrogens (tertiary/aromatic N) is 6. The largest absolute Gasteiger partial charge is 0.489 e. The normalized spacial score (nSPS) is 11.3. The Morgan fingerprint density at radius 3 is 1.51 bits per heavy atom. The van der Waals surface area contributed by atoms with E-state index in [1.165, 1.54) is 13.0 Å². The highest BCUT2D eigenvalue weighted by atomic mass is 79.9. The van der Waals surface area contributed by atoms with E-state index in [-0.39, 0.29) is 17.0 Å². The summed E-state index contributed by atoms with van der Waals surface area (Å²) < 4.78 is 9.68. The van der Waals surface area contributed by atoms with Crippen LogP contribution in [0.5, 0.6) is 0 Å². The van der Waals surface area contributed by atoms with Crippen molar-refractivity contribution in [2.75, 3.05) is 0 Å². The van der Waals surface area contributed by atoms with Crippen molar-refractivity contribution in [3.05, 3.63) is 208 Å². The highest BCUT2D eigenvalue weighted by molar-refractivity contribution is 9.10. The maximum Gasteiger partial charge on any atom is 0.489 e. The van der Waals surface area contributed by atoms with Crippen LogP contribution in [0.25, 0.3) is 78.2 Å². The number of carbonyl (C=O) groups is 2. The van der Waals surface area contributed by atoms with E-state index < -0.39 is 7.12 Å². The van der Waals surface area contributed by atoms with Crippen LogP contribution in [0.2, 0.25) is 10.0 Å². The predicted molar refractivity (Wildman–Crippen MR) is 278 cm³/mol. The average Bonchev–Trinajstić information content (AvgIpc) is 4.08. The topological polar surface area (TPSA) is 119 Å². The number of carbonyl (C=O) groups excluding carboxylic acids is 2. The van der Waals surface area contributed by atoms with E-state index in [4.69, 9.17) is 43.2 Å². The summed E-state index contributed by atoms with van der Waals surface area (Å²) in [5.74, 6) is 1.58. The number of benzene rings is 8. The van der Waals surface area contributed by atoms with Crippen LogP contribution in [0.3, 0.4) is 0 Å². The highest BCUT2D eigenvalue weighted by Gasteiger charge is 2.21. The average molecular weight is 997 g/mol. The lowest BCUT2D eigenvalue weighted by atomic mass is 9.76. The minimum atomic E-state index is -1.58. The summed E-state index contributed by atoms with van der Waals surface area (Å²) in [6, 6.07) is 58.6. The van der Waals surface area contributed by atoms with Crippen molar-refractivity contribution >= 4 is 119 Å². The molecule has 0 aliphatic rings. The van der Waals surface area contributed by atoms with Crippen LogP contribution in [0.4, 0.5) is 0 Å². The number of Topliss-reactive ketones (excluding diaryl/α,β-unsaturated/α-hetero) is 2. The third-order valence-corrected chi connectivity index (χ3v) is 12.7. The molecule has 0 bridgehead atoms. The molecule has 2 N–H and O–H groups in total. The second-order valence-electron chi connectivity index (χ2n) is 16.1. The summed E-state index contributed by atoms with van der Waals surface area (Å²) in [6.07, 6.45) is 0. The maximum absolute atomic E-state index is 12.2. The SMILES string of the molecule is CC(=O)c1ccccc1-c1ccc2c(c1)n1c3ccccc3nc1n2-c1cccc(Cl)c1.CC(=O)c1ccccc1B(O)O.Clc1cccc(-n2c3ccc(Br)cc3n3c4ccccc4nc23)c1. The number of hydrogen-bond acceptors (Lipinski definition) is 6. The molecule has 14 heteroatoms. The Hall–Kier alpha value is -7.32. The monoisotopic (exact) mass is 994 g/mol. The van der Waals surface area contributed by atoms with E-state index in [1.54, 1.807) is 25.1 Å². The fourth-order valence-electron chi connectivity index (χ4n) is 8.77. The minimum Gasteiger partial charge on any atom is -0.423 e. The number of ketones is 2. The van der Waals surface area contributed by atoms with E-state index >= 15 is 0 Å². The van der Waals surface area contributed by atoms with Gasteiger partial charge in [0.2, 0.25) is 11.6 Å². The Morgan fingerprint density at radius 2 is 0.985 bits per heavy atom. The van der Waals surface area contributed by atoms with Crippen molar-refractivity contribution < 1.29 is 19.6 Å². The summed E-state index contributed by atoms with van der Waals surface area (Å²) in [5.41, 5.74) is 13.5. The second kappa shape index (κ2) is 18.4. The number of aromatic nitrogens is 6. The van der Waals surface area contributed by atoms with Crippen LogP contribution >= 0.6 is 39.1 Å². The van der Waals surface area contributed by atoms with Gasteiger partial charge in [-0.3, -0.25) is 27.5 Å². The van der Waals surface area contributed by atoms with Gasteiger partial charge in [0, 0.05) is 25.6 Å². The summed E-state index contributed by atoms with van der Waals surface area (Å²) in [4.78, 5) is 33.0. The van der Waals surface area contributed by atoms with Gasteiger partial charge in [-0.25, -0.2) is 9.97 Å². The molecular weight excluding hydrogens is 958 g/mol. The van der Waals surface area contributed by atoms with Crippen LogP contribution in [-0.4, -0.2) is 56.6 Å². The first kappa shape index (κ1) is 44.5. The smallest absolute Gasteiger partial charge is 0.423 e. The van der Waals surface area contributed by atoms with Crippen molar-refractivity contribution in [1.29, 1.82) is 0 Å². The molecule has 0 unspecified atom stereocenters. The Bertz CT molecular complexity index is 3930. The summed E-state index contributed by atoms with van der Waals surface area (Å²) in [5, 5.41) is 19.1. The molecule has 0 saturated carbocycles. The van der Waals surface area contributed by atoms with Gasteiger partial charge in [-0.15, -0.1) is 0 Å². The first-order chi connectivity index (χ1) is 33.0. The van der Waals surface area contributed by atoms with Crippen molar-refractivity contribution in [1.82, 2.24) is 27.9 Å². The van der Waals surface area contributed by atoms with Crippen molar-refractivity contribution in [2.24, 2.45) is 0 Å². The van der Waals surface area contributed by atoms with E-state index in [0.717, 1.165) is 82.7 Å². The minimum absolute atomic E-state index is 0.0513. The summed E-state index contributed by atoms with van der Waals surface area (Å²) in [7, 11) is -1.58. The fraction of sp³-hybridized carbons (Fsp3) is 0.0370. The first-order valence-electron chi connectivity index (χ1n) is 21.5. The molecule has 0 radical (unpaired) electrons. The number of para-hydroxylation sites is 4. The molecule has 0 atom stereocenters. The highest BCUT2D eigenvalue weighted by Crippen LogP contribution is 2.35. The molecule has 8 aromatic carbocycles. The standard InChI is InChI=1S/C27H18ClN3O.C19H11BrClN3.C8H9BO3/c1-17(32)21-9-2-3-10-22(21)18-13-14-25-26(15-18)31-24-12-5-4-11-23(24)29-27(31)30(25)20-8-6-7-19(28)16-20;20-12-8-9-17-18(10-12)24-16-7-2-1-6-15(16)22-19(24)23(17)14-5-3-4-13(21)11-14;1-6(10)7-4-2-3-5-8(7)9(11)12/h2-16H,1H3;1-11H;2-5,11-12H,1H3. The zero-order valence-corrected chi connectivity index (χ0v) is 39.5. The number of rotatable bonds is 6. The molecule has 12 aromatic rings. The summed E-state index contributed by atoms with van der Waals surface area (Å²) >= 11 is 16.1. The molecule has 0 fully saturated rings. The number of fused-ring (bicyclic) bond motifs is 10. The van der Waals surface area contributed by atoms with E-state index in [1.807, 2.05) is 115 Å². The third-order valence-electron chi connectivity index (χ3n) is 11.7. The van der Waals surface area contributed by atoms with Gasteiger partial charge in [0.15, 0.2) is 11.6 Å². The lowest BCUT2D eigenvalue weighted by Crippen LogP contribution is -2.34. The van der Waals surface area contributed by atoms with Crippen LogP contribution in [0.15, 0.2) is 186 Å². The molecule has 0 aliphatic carbocycles. The molecule has 4 heterocycles. The molecule has 10 nitrogen and oxygen atoms in total. The Labute approximate surface area is 408 Å². The number of halogens is 3. The van der Waals surface area contributed by atoms with E-state index in [2.05, 4.69) is 76.3 Å². The fourth-order valence-corrected chi connectivity index (χ4v) is 9.48. The van der Waals surface area contributed by atoms with Crippen molar-refractivity contribution in [2.45, 2.75) is 13.8 Å². The number of hydrogen-bond donors (Lipinski definition) is 2. The molecule has 12 rings (SSSR count). The zero-order chi connectivity index (χ0) is 47.2. The van der Waals surface area contributed by atoms with E-state index in [0.29, 0.717) is 21.2 Å². The predicted octanol–water partition coefficient (Wildman–Crippen LogP) is 12.4. The molecule has 0 saturated heterocycles. The molecule has 4 aromatic heterocycles. The van der Waals surface area contributed by atoms with E-state index in [9.17, 15) is 9.59 Å². The molecule has 0 spiro atoms. The van der Waals surface area contributed by atoms with Gasteiger partial charge in [-0.2, -0.15) is 0 Å². The van der Waals surface area contributed by atoms with Gasteiger partial charge >= 0.3 is 7.12 Å². The van der Waals surface area contributed by atoms with Crippen molar-refractivity contribution in [3.63, 3.8) is 0 Å². The van der Waals surface area contributed by atoms with Gasteiger partial charge < -0.3 is 10.0 Å². The quantitative estimate of drug-likeness (QED) is 0.126. The Balaban J connectivity index is 0.000000131. The van der Waals surface area contributed by atoms with Crippen LogP contribution in [0.1, 0.15) is 34.6 Å². The van der Waals surface area contributed by atoms with Gasteiger partial charge in [-0.05, 0) is 121 Å². The Morgan fingerprint density at radius 1 is 0.500 bits per heavy atom. The zero-order valence-electron chi connectivity index (χ0n) is 36.4. The third kappa shape index (κ3) is 8.16. The van der Waals surface area contributed by atoms with Crippen LogP contribution in [0, 0.1) is 0 Å². The lowest BCUT2D eigenvalue weighted by Gasteiger charge is -2.09. The van der Waals surface area contributed by atoms with Gasteiger partial charge in [-0.1, -0.05) is 130 Å². The molecule has 0 amide bonds. The van der Waals surface area contributed by atoms with Crippen molar-refractivity contribution in [3.8, 4) is 22.5 Å². The maximum atomic E-state index is 12.2. The molecule has 332 valence electrons. The van der Waals surface area contributed by atoms with Gasteiger partial charge in [0.1, 0.15) is 0 Å². The Kier molecular flexibility index (Phi) is 12.0. The second-order valence-corrected chi connectivity index (χ2v) is 17.8. The summed E-state index contributed by atoms with van der Waals surface area (Å²) in [6.45, 7) is 3.00. The van der Waals surface area contributed by atoms with Gasteiger partial charge in [0.25, 0.3) is 0 Å². The molecular formula is C54H38BBrCl2N6O4. The molecule has 68 heavy (non-hydrogen) atoms. The van der Waals surface area contributed by atoms with Crippen LogP contribution in [-0.2, 0) is 0 Å². The lowest BCUT2D eigenvalue weighted by molar-refractivity contribution is 0.101. The molecule has 0 aliphatic heterocycles. The number of imidazole rings is 4.